The first-order valence-corrected chi connectivity index (χ1v) is 15.1. The first-order chi connectivity index (χ1) is 19.6. The quantitative estimate of drug-likeness (QED) is 0.115. The predicted molar refractivity (Wildman–Crippen MR) is 162 cm³/mol. The molecule has 5 nitrogen and oxygen atoms in total. The summed E-state index contributed by atoms with van der Waals surface area (Å²) in [6, 6.07) is 46.2. The third-order valence-electron chi connectivity index (χ3n) is 6.95. The number of ether oxygens (including phenoxy) is 1. The van der Waals surface area contributed by atoms with Crippen LogP contribution in [0.3, 0.4) is 0 Å². The van der Waals surface area contributed by atoms with Crippen LogP contribution >= 0.6 is 0 Å². The Bertz CT molecular complexity index is 1420. The lowest BCUT2D eigenvalue weighted by Crippen LogP contribution is -2.71. The Labute approximate surface area is 235 Å². The van der Waals surface area contributed by atoms with Gasteiger partial charge in [-0.2, -0.15) is 0 Å². The topological polar surface area (TPSA) is 67.8 Å². The minimum Gasteiger partial charge on any atom is -0.506 e. The highest BCUT2D eigenvalue weighted by molar-refractivity contribution is 7.07. The number of nitrogens with one attached hydrogen (secondary N) is 1. The molecule has 0 fully saturated rings. The number of carbonyl (C=O) groups is 1. The minimum atomic E-state index is -3.30. The maximum absolute atomic E-state index is 13.7. The first-order valence-electron chi connectivity index (χ1n) is 13.1. The van der Waals surface area contributed by atoms with Gasteiger partial charge < -0.3 is 19.6 Å². The lowest BCUT2D eigenvalue weighted by atomic mass is 10.0. The van der Waals surface area contributed by atoms with Gasteiger partial charge in [0, 0.05) is 0 Å². The molecular weight excluding hydrogens is 514 g/mol. The van der Waals surface area contributed by atoms with Crippen molar-refractivity contribution in [2.75, 3.05) is 12.4 Å². The Balaban J connectivity index is 1.74. The summed E-state index contributed by atoms with van der Waals surface area (Å²) in [5.74, 6) is -0.443. The van der Waals surface area contributed by atoms with Gasteiger partial charge in [0.25, 0.3) is 8.32 Å². The van der Waals surface area contributed by atoms with E-state index in [4.69, 9.17) is 9.16 Å². The van der Waals surface area contributed by atoms with Gasteiger partial charge in [-0.25, -0.2) is 4.79 Å². The molecule has 0 aliphatic carbocycles. The molecule has 0 radical (unpaired) electrons. The van der Waals surface area contributed by atoms with Crippen molar-refractivity contribution in [1.29, 1.82) is 0 Å². The number of hydrogen-bond acceptors (Lipinski definition) is 5. The van der Waals surface area contributed by atoms with Gasteiger partial charge in [-0.1, -0.05) is 133 Å². The molecule has 2 atom stereocenters. The summed E-state index contributed by atoms with van der Waals surface area (Å²) in [5.41, 5.74) is 1.30. The molecule has 0 saturated carbocycles. The number of aromatic hydroxyl groups is 1. The van der Waals surface area contributed by atoms with Gasteiger partial charge in [0.05, 0.1) is 18.8 Å². The second-order valence-electron chi connectivity index (χ2n) is 9.39. The maximum Gasteiger partial charge on any atom is 0.336 e. The average molecular weight is 546 g/mol. The summed E-state index contributed by atoms with van der Waals surface area (Å²) in [7, 11) is -1.92. The average Bonchev–Trinajstić information content (AvgIpc) is 3.03. The SMILES string of the molecule is COC(=O)[C@H](O[Si](c1ccccc1)(c1ccccc1)c1ccccc1)[C@H](Nc1ccccc1O)c1ccccc1. The molecule has 200 valence electrons. The van der Waals surface area contributed by atoms with Crippen molar-refractivity contribution in [2.45, 2.75) is 12.1 Å². The Kier molecular flexibility index (Phi) is 8.40. The Morgan fingerprint density at radius 2 is 1.07 bits per heavy atom. The van der Waals surface area contributed by atoms with Crippen LogP contribution in [0.25, 0.3) is 0 Å². The highest BCUT2D eigenvalue weighted by Crippen LogP contribution is 2.32. The minimum absolute atomic E-state index is 0.0738. The van der Waals surface area contributed by atoms with E-state index in [1.165, 1.54) is 7.11 Å². The maximum atomic E-state index is 13.7. The highest BCUT2D eigenvalue weighted by atomic mass is 28.4. The van der Waals surface area contributed by atoms with Crippen LogP contribution < -0.4 is 20.9 Å². The molecule has 0 heterocycles. The van der Waals surface area contributed by atoms with Crippen molar-refractivity contribution in [3.63, 3.8) is 0 Å². The summed E-state index contributed by atoms with van der Waals surface area (Å²) in [4.78, 5) is 13.7. The number of anilines is 1. The van der Waals surface area contributed by atoms with Gasteiger partial charge in [-0.3, -0.25) is 0 Å². The fraction of sp³-hybridized carbons (Fsp3) is 0.0882. The van der Waals surface area contributed by atoms with E-state index in [9.17, 15) is 9.90 Å². The van der Waals surface area contributed by atoms with E-state index in [-0.39, 0.29) is 5.75 Å². The van der Waals surface area contributed by atoms with Gasteiger partial charge in [0.1, 0.15) is 5.75 Å². The molecular formula is C34H31NO4Si. The third-order valence-corrected chi connectivity index (χ3v) is 11.0. The molecule has 0 spiro atoms. The van der Waals surface area contributed by atoms with Crippen LogP contribution in [-0.2, 0) is 14.0 Å². The lowest BCUT2D eigenvalue weighted by molar-refractivity contribution is -0.149. The molecule has 0 aliphatic rings. The van der Waals surface area contributed by atoms with Gasteiger partial charge in [0.15, 0.2) is 6.10 Å². The van der Waals surface area contributed by atoms with E-state index in [0.29, 0.717) is 5.69 Å². The van der Waals surface area contributed by atoms with Crippen LogP contribution in [-0.4, -0.2) is 32.6 Å². The van der Waals surface area contributed by atoms with Crippen LogP contribution in [0.15, 0.2) is 146 Å². The molecule has 0 unspecified atom stereocenters. The molecule has 0 aliphatic heterocycles. The molecule has 6 heteroatoms. The lowest BCUT2D eigenvalue weighted by Gasteiger charge is -2.38. The van der Waals surface area contributed by atoms with Crippen LogP contribution in [0.2, 0.25) is 0 Å². The van der Waals surface area contributed by atoms with Crippen molar-refractivity contribution in [3.05, 3.63) is 151 Å². The van der Waals surface area contributed by atoms with E-state index >= 15 is 0 Å². The second-order valence-corrected chi connectivity index (χ2v) is 12.7. The number of benzene rings is 5. The number of methoxy groups -OCH3 is 1. The zero-order valence-corrected chi connectivity index (χ0v) is 23.2. The Morgan fingerprint density at radius 3 is 1.52 bits per heavy atom. The third kappa shape index (κ3) is 5.54. The number of rotatable bonds is 10. The zero-order chi connectivity index (χ0) is 27.8. The molecule has 0 saturated heterocycles. The monoisotopic (exact) mass is 545 g/mol. The molecule has 2 N–H and O–H groups in total. The molecule has 5 aromatic carbocycles. The standard InChI is InChI=1S/C34H31NO4Si/c1-38-34(37)33(32(26-16-6-2-7-17-26)35-30-24-14-15-25-31(30)36)39-40(27-18-8-3-9-19-27,28-20-10-4-11-21-28)29-22-12-5-13-23-29/h2-25,32-33,35-36H,1H3/t32-,33-/m1/s1. The van der Waals surface area contributed by atoms with E-state index in [0.717, 1.165) is 21.1 Å². The number of phenols is 1. The molecule has 0 amide bonds. The smallest absolute Gasteiger partial charge is 0.336 e. The van der Waals surface area contributed by atoms with Crippen LogP contribution in [0.1, 0.15) is 11.6 Å². The zero-order valence-electron chi connectivity index (χ0n) is 22.2. The van der Waals surface area contributed by atoms with Crippen molar-refractivity contribution in [1.82, 2.24) is 0 Å². The summed E-state index contributed by atoms with van der Waals surface area (Å²) in [5, 5.41) is 17.0. The Hall–Kier alpha value is -4.65. The summed E-state index contributed by atoms with van der Waals surface area (Å²) in [6.45, 7) is 0. The molecule has 5 aromatic rings. The van der Waals surface area contributed by atoms with Crippen LogP contribution in [0.4, 0.5) is 5.69 Å². The molecule has 0 bridgehead atoms. The fourth-order valence-electron chi connectivity index (χ4n) is 5.04. The summed E-state index contributed by atoms with van der Waals surface area (Å²) in [6.07, 6.45) is -1.07. The summed E-state index contributed by atoms with van der Waals surface area (Å²) < 4.78 is 12.7. The molecule has 0 aromatic heterocycles. The van der Waals surface area contributed by atoms with E-state index in [2.05, 4.69) is 41.7 Å². The number of phenolic OH excluding ortho intramolecular Hbond substituents is 1. The first kappa shape index (κ1) is 26.9. The van der Waals surface area contributed by atoms with Crippen LogP contribution in [0, 0.1) is 0 Å². The van der Waals surface area contributed by atoms with E-state index in [1.54, 1.807) is 18.2 Å². The van der Waals surface area contributed by atoms with E-state index < -0.39 is 26.4 Å². The van der Waals surface area contributed by atoms with E-state index in [1.807, 2.05) is 91.0 Å². The van der Waals surface area contributed by atoms with Gasteiger partial charge >= 0.3 is 5.97 Å². The number of carbonyl (C=O) groups excluding carboxylic acids is 1. The summed E-state index contributed by atoms with van der Waals surface area (Å²) >= 11 is 0. The van der Waals surface area contributed by atoms with Gasteiger partial charge in [-0.15, -0.1) is 0 Å². The largest absolute Gasteiger partial charge is 0.506 e. The van der Waals surface area contributed by atoms with Gasteiger partial charge in [-0.05, 0) is 33.3 Å². The molecule has 5 rings (SSSR count). The molecule has 40 heavy (non-hydrogen) atoms. The van der Waals surface area contributed by atoms with Gasteiger partial charge in [0.2, 0.25) is 0 Å². The predicted octanol–water partition coefficient (Wildman–Crippen LogP) is 4.77. The fourth-order valence-corrected chi connectivity index (χ4v) is 9.05. The number of para-hydroxylation sites is 2. The number of hydrogen-bond donors (Lipinski definition) is 2. The van der Waals surface area contributed by atoms with Crippen molar-refractivity contribution in [2.24, 2.45) is 0 Å². The van der Waals surface area contributed by atoms with Crippen molar-refractivity contribution < 1.29 is 19.1 Å². The highest BCUT2D eigenvalue weighted by Gasteiger charge is 2.47. The second kappa shape index (κ2) is 12.5. The number of esters is 1. The Morgan fingerprint density at radius 1 is 0.650 bits per heavy atom. The van der Waals surface area contributed by atoms with Crippen LogP contribution in [0.5, 0.6) is 5.75 Å². The van der Waals surface area contributed by atoms with Crippen molar-refractivity contribution in [3.8, 4) is 5.75 Å². The normalized spacial score (nSPS) is 12.7. The van der Waals surface area contributed by atoms with Crippen molar-refractivity contribution >= 4 is 35.5 Å².